The minimum absolute atomic E-state index is 0.0266. The molecule has 3 aromatic carbocycles. The monoisotopic (exact) mass is 497 g/mol. The van der Waals surface area contributed by atoms with Crippen molar-refractivity contribution in [2.24, 2.45) is 11.7 Å². The van der Waals surface area contributed by atoms with Gasteiger partial charge in [-0.2, -0.15) is 0 Å². The number of benzene rings is 3. The molecule has 5 rings (SSSR count). The highest BCUT2D eigenvalue weighted by atomic mass is 16.3. The number of rotatable bonds is 8. The molecule has 1 aliphatic carbocycles. The molecular weight excluding hydrogens is 458 g/mol. The first-order chi connectivity index (χ1) is 18.0. The molecule has 194 valence electrons. The predicted octanol–water partition coefficient (Wildman–Crippen LogP) is 5.66. The van der Waals surface area contributed by atoms with Crippen molar-refractivity contribution >= 4 is 6.03 Å². The third-order valence-corrected chi connectivity index (χ3v) is 8.67. The van der Waals surface area contributed by atoms with Gasteiger partial charge in [0.15, 0.2) is 0 Å². The molecule has 3 aromatic rings. The first-order valence-electron chi connectivity index (χ1n) is 13.7. The first kappa shape index (κ1) is 25.5. The van der Waals surface area contributed by atoms with E-state index in [0.29, 0.717) is 5.92 Å². The van der Waals surface area contributed by atoms with Crippen molar-refractivity contribution in [1.29, 1.82) is 0 Å². The average Bonchev–Trinajstić information content (AvgIpc) is 3.36. The summed E-state index contributed by atoms with van der Waals surface area (Å²) in [7, 11) is 0. The fourth-order valence-corrected chi connectivity index (χ4v) is 6.56. The average molecular weight is 498 g/mol. The minimum atomic E-state index is -1.36. The van der Waals surface area contributed by atoms with E-state index in [0.717, 1.165) is 56.4 Å². The highest BCUT2D eigenvalue weighted by Crippen LogP contribution is 2.39. The van der Waals surface area contributed by atoms with Crippen LogP contribution < -0.4 is 5.73 Å². The molecule has 0 spiro atoms. The standard InChI is InChI=1S/C32H39N3O2/c1-24(32(37,28-12-4-2-5-13-28)29-14-6-3-7-15-29)35(31(33)36)30-18-16-25(17-19-30)20-21-34-22-26-10-8-9-11-27(26)23-34/h2-15,24-25,30,37H,16-23H2,1H3,(H2,33,36)/t24-,25?,30?/m1/s1. The Bertz CT molecular complexity index is 1110. The number of aliphatic hydroxyl groups is 1. The van der Waals surface area contributed by atoms with Crippen LogP contribution in [0, 0.1) is 5.92 Å². The van der Waals surface area contributed by atoms with Crippen molar-refractivity contribution in [2.45, 2.75) is 69.8 Å². The maximum absolute atomic E-state index is 12.9. The van der Waals surface area contributed by atoms with E-state index in [1.54, 1.807) is 4.90 Å². The van der Waals surface area contributed by atoms with Crippen LogP contribution in [0.15, 0.2) is 84.9 Å². The molecule has 2 aliphatic rings. The van der Waals surface area contributed by atoms with E-state index in [1.807, 2.05) is 67.6 Å². The lowest BCUT2D eigenvalue weighted by molar-refractivity contribution is -0.0174. The highest BCUT2D eigenvalue weighted by Gasteiger charge is 2.44. The van der Waals surface area contributed by atoms with Crippen LogP contribution in [0.2, 0.25) is 0 Å². The molecule has 37 heavy (non-hydrogen) atoms. The van der Waals surface area contributed by atoms with E-state index >= 15 is 0 Å². The number of carbonyl (C=O) groups is 1. The highest BCUT2D eigenvalue weighted by molar-refractivity contribution is 5.73. The van der Waals surface area contributed by atoms with Crippen LogP contribution in [-0.4, -0.2) is 39.6 Å². The minimum Gasteiger partial charge on any atom is -0.378 e. The van der Waals surface area contributed by atoms with Crippen molar-refractivity contribution in [2.75, 3.05) is 6.54 Å². The zero-order valence-electron chi connectivity index (χ0n) is 21.8. The molecule has 3 N–H and O–H groups in total. The van der Waals surface area contributed by atoms with Crippen molar-refractivity contribution in [3.8, 4) is 0 Å². The molecule has 5 heteroatoms. The second kappa shape index (κ2) is 11.1. The molecule has 1 atom stereocenters. The fraction of sp³-hybridized carbons (Fsp3) is 0.406. The molecule has 0 unspecified atom stereocenters. The van der Waals surface area contributed by atoms with E-state index in [2.05, 4.69) is 29.2 Å². The molecule has 0 saturated heterocycles. The molecule has 1 heterocycles. The second-order valence-electron chi connectivity index (χ2n) is 10.9. The van der Waals surface area contributed by atoms with Gasteiger partial charge in [-0.15, -0.1) is 0 Å². The Morgan fingerprint density at radius 3 is 1.86 bits per heavy atom. The Balaban J connectivity index is 1.26. The number of amides is 2. The molecule has 0 bridgehead atoms. The largest absolute Gasteiger partial charge is 0.378 e. The van der Waals surface area contributed by atoms with Crippen LogP contribution in [0.1, 0.15) is 61.3 Å². The van der Waals surface area contributed by atoms with Gasteiger partial charge < -0.3 is 15.7 Å². The van der Waals surface area contributed by atoms with Gasteiger partial charge in [0.1, 0.15) is 5.60 Å². The summed E-state index contributed by atoms with van der Waals surface area (Å²) >= 11 is 0. The summed E-state index contributed by atoms with van der Waals surface area (Å²) in [4.78, 5) is 17.2. The smallest absolute Gasteiger partial charge is 0.315 e. The Morgan fingerprint density at radius 2 is 1.38 bits per heavy atom. The fourth-order valence-electron chi connectivity index (χ4n) is 6.56. The van der Waals surface area contributed by atoms with E-state index in [9.17, 15) is 9.90 Å². The van der Waals surface area contributed by atoms with Gasteiger partial charge in [0.05, 0.1) is 6.04 Å². The summed E-state index contributed by atoms with van der Waals surface area (Å²) < 4.78 is 0. The van der Waals surface area contributed by atoms with Crippen LogP contribution in [0.4, 0.5) is 4.79 Å². The van der Waals surface area contributed by atoms with Crippen molar-refractivity contribution < 1.29 is 9.90 Å². The number of nitrogens with two attached hydrogens (primary N) is 1. The maximum atomic E-state index is 12.9. The summed E-state index contributed by atoms with van der Waals surface area (Å²) in [6.07, 6.45) is 5.18. The molecular formula is C32H39N3O2. The van der Waals surface area contributed by atoms with Crippen LogP contribution in [0.5, 0.6) is 0 Å². The number of hydrogen-bond donors (Lipinski definition) is 2. The molecule has 1 fully saturated rings. The predicted molar refractivity (Wildman–Crippen MR) is 148 cm³/mol. The topological polar surface area (TPSA) is 69.8 Å². The summed E-state index contributed by atoms with van der Waals surface area (Å²) in [5.74, 6) is 0.659. The van der Waals surface area contributed by atoms with E-state index < -0.39 is 17.7 Å². The third-order valence-electron chi connectivity index (χ3n) is 8.67. The van der Waals surface area contributed by atoms with Gasteiger partial charge in [-0.25, -0.2) is 4.79 Å². The van der Waals surface area contributed by atoms with E-state index in [-0.39, 0.29) is 6.04 Å². The Morgan fingerprint density at radius 1 is 0.892 bits per heavy atom. The zero-order chi connectivity index (χ0) is 25.8. The Hall–Kier alpha value is -3.15. The second-order valence-corrected chi connectivity index (χ2v) is 10.9. The van der Waals surface area contributed by atoms with Crippen LogP contribution in [0.3, 0.4) is 0 Å². The third kappa shape index (κ3) is 5.29. The van der Waals surface area contributed by atoms with Crippen molar-refractivity contribution in [3.05, 3.63) is 107 Å². The van der Waals surface area contributed by atoms with Crippen molar-refractivity contribution in [1.82, 2.24) is 9.80 Å². The van der Waals surface area contributed by atoms with Gasteiger partial charge in [0.2, 0.25) is 0 Å². The van der Waals surface area contributed by atoms with Gasteiger partial charge in [-0.1, -0.05) is 84.9 Å². The Labute approximate surface area is 220 Å². The maximum Gasteiger partial charge on any atom is 0.315 e. The molecule has 5 nitrogen and oxygen atoms in total. The number of nitrogens with zero attached hydrogens (tertiary/aromatic N) is 2. The van der Waals surface area contributed by atoms with Crippen molar-refractivity contribution in [3.63, 3.8) is 0 Å². The van der Waals surface area contributed by atoms with Gasteiger partial charge in [-0.05, 0) is 73.7 Å². The summed E-state index contributed by atoms with van der Waals surface area (Å²) in [6.45, 7) is 5.15. The zero-order valence-corrected chi connectivity index (χ0v) is 21.8. The number of carbonyl (C=O) groups excluding carboxylic acids is 1. The molecule has 2 amide bonds. The van der Waals surface area contributed by atoms with Crippen LogP contribution in [0.25, 0.3) is 0 Å². The molecule has 1 saturated carbocycles. The van der Waals surface area contributed by atoms with Gasteiger partial charge >= 0.3 is 6.03 Å². The normalized spacial score (nSPS) is 20.8. The summed E-state index contributed by atoms with van der Waals surface area (Å²) in [6, 6.07) is 27.1. The first-order valence-corrected chi connectivity index (χ1v) is 13.7. The lowest BCUT2D eigenvalue weighted by atomic mass is 9.78. The van der Waals surface area contributed by atoms with Crippen LogP contribution in [-0.2, 0) is 18.7 Å². The van der Waals surface area contributed by atoms with E-state index in [1.165, 1.54) is 17.5 Å². The number of fused-ring (bicyclic) bond motifs is 1. The SMILES string of the molecule is C[C@@H](N(C(N)=O)C1CCC(CCN2Cc3ccccc3C2)CC1)C(O)(c1ccccc1)c1ccccc1. The van der Waals surface area contributed by atoms with Gasteiger partial charge in [0.25, 0.3) is 0 Å². The quantitative estimate of drug-likeness (QED) is 0.422. The van der Waals surface area contributed by atoms with Gasteiger partial charge in [-0.3, -0.25) is 4.90 Å². The number of urea groups is 1. The van der Waals surface area contributed by atoms with Crippen LogP contribution >= 0.6 is 0 Å². The number of primary amides is 1. The summed E-state index contributed by atoms with van der Waals surface area (Å²) in [5, 5.41) is 12.2. The lowest BCUT2D eigenvalue weighted by Gasteiger charge is -2.46. The van der Waals surface area contributed by atoms with Gasteiger partial charge in [0, 0.05) is 19.1 Å². The molecule has 1 aliphatic heterocycles. The molecule has 0 aromatic heterocycles. The molecule has 0 radical (unpaired) electrons. The number of hydrogen-bond acceptors (Lipinski definition) is 3. The summed E-state index contributed by atoms with van der Waals surface area (Å²) in [5.41, 5.74) is 9.09. The lowest BCUT2D eigenvalue weighted by Crippen LogP contribution is -2.58. The van der Waals surface area contributed by atoms with E-state index in [4.69, 9.17) is 5.73 Å². The Kier molecular flexibility index (Phi) is 7.63.